The first-order chi connectivity index (χ1) is 8.61. The maximum absolute atomic E-state index is 3.58. The molecule has 1 aromatic carbocycles. The largest absolute Gasteiger partial charge is 0.312 e. The molecule has 0 saturated heterocycles. The van der Waals surface area contributed by atoms with Crippen LogP contribution in [0.3, 0.4) is 0 Å². The molecular weight excluding hydrogens is 220 g/mol. The van der Waals surface area contributed by atoms with Crippen LogP contribution < -0.4 is 10.6 Å². The van der Waals surface area contributed by atoms with Crippen molar-refractivity contribution in [3.63, 3.8) is 0 Å². The fourth-order valence-electron chi connectivity index (χ4n) is 2.31. The predicted octanol–water partition coefficient (Wildman–Crippen LogP) is 2.86. The second-order valence-corrected chi connectivity index (χ2v) is 6.15. The van der Waals surface area contributed by atoms with E-state index in [1.165, 1.54) is 29.5 Å². The molecule has 2 nitrogen and oxygen atoms in total. The van der Waals surface area contributed by atoms with E-state index in [4.69, 9.17) is 0 Å². The van der Waals surface area contributed by atoms with Gasteiger partial charge < -0.3 is 10.6 Å². The molecule has 2 N–H and O–H groups in total. The molecule has 0 aliphatic carbocycles. The van der Waals surface area contributed by atoms with E-state index in [-0.39, 0.29) is 0 Å². The molecule has 0 unspecified atom stereocenters. The van der Waals surface area contributed by atoms with E-state index in [1.807, 2.05) is 0 Å². The van der Waals surface area contributed by atoms with Crippen LogP contribution in [-0.2, 0) is 19.5 Å². The van der Waals surface area contributed by atoms with E-state index in [9.17, 15) is 0 Å². The van der Waals surface area contributed by atoms with Crippen LogP contribution in [0.15, 0.2) is 18.2 Å². The van der Waals surface area contributed by atoms with E-state index in [0.29, 0.717) is 5.41 Å². The molecule has 0 aromatic heterocycles. The van der Waals surface area contributed by atoms with Gasteiger partial charge in [0.05, 0.1) is 0 Å². The van der Waals surface area contributed by atoms with Crippen LogP contribution in [0.5, 0.6) is 0 Å². The highest BCUT2D eigenvalue weighted by Gasteiger charge is 2.14. The van der Waals surface area contributed by atoms with Gasteiger partial charge in [0.25, 0.3) is 0 Å². The Labute approximate surface area is 111 Å². The minimum atomic E-state index is 0.399. The third-order valence-corrected chi connectivity index (χ3v) is 4.05. The smallest absolute Gasteiger partial charge is 0.0208 e. The van der Waals surface area contributed by atoms with Gasteiger partial charge in [-0.25, -0.2) is 0 Å². The first kappa shape index (κ1) is 13.6. The van der Waals surface area contributed by atoms with Gasteiger partial charge in [-0.15, -0.1) is 0 Å². The zero-order chi connectivity index (χ0) is 13.0. The van der Waals surface area contributed by atoms with Crippen LogP contribution in [0.1, 0.15) is 43.9 Å². The first-order valence-electron chi connectivity index (χ1n) is 7.13. The maximum atomic E-state index is 3.58. The quantitative estimate of drug-likeness (QED) is 0.835. The maximum Gasteiger partial charge on any atom is 0.0208 e. The Balaban J connectivity index is 1.90. The lowest BCUT2D eigenvalue weighted by Crippen LogP contribution is -2.28. The van der Waals surface area contributed by atoms with E-state index in [1.54, 1.807) is 0 Å². The average Bonchev–Trinajstić information content (AvgIpc) is 2.38. The molecule has 0 atom stereocenters. The van der Waals surface area contributed by atoms with Gasteiger partial charge in [0, 0.05) is 19.6 Å². The zero-order valence-corrected chi connectivity index (χ0v) is 12.0. The molecule has 0 spiro atoms. The monoisotopic (exact) mass is 246 g/mol. The number of benzene rings is 1. The number of rotatable bonds is 5. The summed E-state index contributed by atoms with van der Waals surface area (Å²) in [6.07, 6.45) is 2.39. The lowest BCUT2D eigenvalue weighted by molar-refractivity contribution is 0.327. The van der Waals surface area contributed by atoms with Crippen molar-refractivity contribution < 1.29 is 0 Å². The van der Waals surface area contributed by atoms with E-state index in [0.717, 1.165) is 26.2 Å². The van der Waals surface area contributed by atoms with Gasteiger partial charge in [-0.1, -0.05) is 39.0 Å². The second kappa shape index (κ2) is 5.85. The molecule has 0 amide bonds. The molecule has 0 radical (unpaired) electrons. The molecule has 18 heavy (non-hydrogen) atoms. The molecule has 1 aromatic rings. The second-order valence-electron chi connectivity index (χ2n) is 6.15. The molecule has 1 aliphatic heterocycles. The number of nitrogens with one attached hydrogen (secondary N) is 2. The van der Waals surface area contributed by atoms with Gasteiger partial charge in [0.1, 0.15) is 0 Å². The fraction of sp³-hybridized carbons (Fsp3) is 0.625. The van der Waals surface area contributed by atoms with E-state index < -0.39 is 0 Å². The standard InChI is InChI=1S/C16H26N2/c1-4-16(2,3)12-18-10-13-5-6-14-7-8-17-11-15(14)9-13/h5-6,9,17-18H,4,7-8,10-12H2,1-3H3. The van der Waals surface area contributed by atoms with Crippen molar-refractivity contribution in [3.05, 3.63) is 34.9 Å². The van der Waals surface area contributed by atoms with Crippen molar-refractivity contribution >= 4 is 0 Å². The highest BCUT2D eigenvalue weighted by Crippen LogP contribution is 2.19. The molecule has 2 rings (SSSR count). The number of fused-ring (bicyclic) bond motifs is 1. The summed E-state index contributed by atoms with van der Waals surface area (Å²) in [5.74, 6) is 0. The topological polar surface area (TPSA) is 24.1 Å². The average molecular weight is 246 g/mol. The number of hydrogen-bond donors (Lipinski definition) is 2. The van der Waals surface area contributed by atoms with Crippen molar-refractivity contribution in [2.45, 2.75) is 46.7 Å². The van der Waals surface area contributed by atoms with Crippen molar-refractivity contribution in [2.24, 2.45) is 5.41 Å². The first-order valence-corrected chi connectivity index (χ1v) is 7.13. The van der Waals surface area contributed by atoms with Crippen molar-refractivity contribution in [3.8, 4) is 0 Å². The summed E-state index contributed by atoms with van der Waals surface area (Å²) in [7, 11) is 0. The molecule has 0 fully saturated rings. The highest BCUT2D eigenvalue weighted by molar-refractivity contribution is 5.33. The Bertz CT molecular complexity index is 396. The van der Waals surface area contributed by atoms with Gasteiger partial charge >= 0.3 is 0 Å². The molecule has 0 saturated carbocycles. The van der Waals surface area contributed by atoms with Crippen LogP contribution in [0, 0.1) is 5.41 Å². The van der Waals surface area contributed by atoms with Gasteiger partial charge in [0.15, 0.2) is 0 Å². The van der Waals surface area contributed by atoms with Gasteiger partial charge in [-0.05, 0) is 41.5 Å². The Morgan fingerprint density at radius 1 is 1.28 bits per heavy atom. The van der Waals surface area contributed by atoms with Crippen molar-refractivity contribution in [1.82, 2.24) is 10.6 Å². The number of hydrogen-bond acceptors (Lipinski definition) is 2. The van der Waals surface area contributed by atoms with Gasteiger partial charge in [-0.2, -0.15) is 0 Å². The normalized spacial score (nSPS) is 15.5. The third-order valence-electron chi connectivity index (χ3n) is 4.05. The fourth-order valence-corrected chi connectivity index (χ4v) is 2.31. The molecular formula is C16H26N2. The van der Waals surface area contributed by atoms with Gasteiger partial charge in [0.2, 0.25) is 0 Å². The van der Waals surface area contributed by atoms with E-state index >= 15 is 0 Å². The molecule has 2 heteroatoms. The Hall–Kier alpha value is -0.860. The Morgan fingerprint density at radius 3 is 2.89 bits per heavy atom. The highest BCUT2D eigenvalue weighted by atomic mass is 14.9. The summed E-state index contributed by atoms with van der Waals surface area (Å²) in [6, 6.07) is 6.93. The summed E-state index contributed by atoms with van der Waals surface area (Å²) in [6.45, 7) is 11.1. The summed E-state index contributed by atoms with van der Waals surface area (Å²) in [5, 5.41) is 7.02. The Kier molecular flexibility index (Phi) is 4.41. The third kappa shape index (κ3) is 3.56. The lowest BCUT2D eigenvalue weighted by Gasteiger charge is -2.23. The summed E-state index contributed by atoms with van der Waals surface area (Å²) >= 11 is 0. The molecule has 0 bridgehead atoms. The molecule has 100 valence electrons. The lowest BCUT2D eigenvalue weighted by atomic mass is 9.90. The van der Waals surface area contributed by atoms with Gasteiger partial charge in [-0.3, -0.25) is 0 Å². The van der Waals surface area contributed by atoms with Crippen LogP contribution in [0.25, 0.3) is 0 Å². The molecule has 1 aliphatic rings. The van der Waals surface area contributed by atoms with Crippen molar-refractivity contribution in [1.29, 1.82) is 0 Å². The predicted molar refractivity (Wildman–Crippen MR) is 77.6 cm³/mol. The summed E-state index contributed by atoms with van der Waals surface area (Å²) < 4.78 is 0. The minimum Gasteiger partial charge on any atom is -0.312 e. The van der Waals surface area contributed by atoms with Crippen LogP contribution in [0.2, 0.25) is 0 Å². The Morgan fingerprint density at radius 2 is 2.11 bits per heavy atom. The van der Waals surface area contributed by atoms with Crippen LogP contribution in [-0.4, -0.2) is 13.1 Å². The zero-order valence-electron chi connectivity index (χ0n) is 12.0. The van der Waals surface area contributed by atoms with Crippen molar-refractivity contribution in [2.75, 3.05) is 13.1 Å². The summed E-state index contributed by atoms with van der Waals surface area (Å²) in [4.78, 5) is 0. The van der Waals surface area contributed by atoms with Crippen LogP contribution >= 0.6 is 0 Å². The van der Waals surface area contributed by atoms with E-state index in [2.05, 4.69) is 49.6 Å². The SMILES string of the molecule is CCC(C)(C)CNCc1ccc2c(c1)CNCC2. The summed E-state index contributed by atoms with van der Waals surface area (Å²) in [5.41, 5.74) is 4.81. The molecule has 1 heterocycles. The van der Waals surface area contributed by atoms with Crippen LogP contribution in [0.4, 0.5) is 0 Å². The minimum absolute atomic E-state index is 0.399.